The standard InChI is InChI=1S/C11H15ClN2O2S2/c1-7(2)6-14-18(15,16)10-4-3-8(11(13)17)5-9(10)12/h3-5,7,14H,6H2,1-2H3,(H2,13,17). The zero-order valence-corrected chi connectivity index (χ0v) is 12.5. The second-order valence-electron chi connectivity index (χ2n) is 4.26. The summed E-state index contributed by atoms with van der Waals surface area (Å²) in [6, 6.07) is 4.39. The van der Waals surface area contributed by atoms with Crippen molar-refractivity contribution in [2.24, 2.45) is 11.7 Å². The zero-order valence-electron chi connectivity index (χ0n) is 10.1. The van der Waals surface area contributed by atoms with Crippen LogP contribution >= 0.6 is 23.8 Å². The average Bonchev–Trinajstić information content (AvgIpc) is 2.26. The van der Waals surface area contributed by atoms with Gasteiger partial charge < -0.3 is 5.73 Å². The first-order valence-corrected chi connectivity index (χ1v) is 7.60. The van der Waals surface area contributed by atoms with Gasteiger partial charge in [0.2, 0.25) is 10.0 Å². The van der Waals surface area contributed by atoms with E-state index in [1.807, 2.05) is 13.8 Å². The molecule has 0 aliphatic carbocycles. The number of halogens is 1. The number of rotatable bonds is 5. The van der Waals surface area contributed by atoms with Crippen LogP contribution in [0.15, 0.2) is 23.1 Å². The molecular weight excluding hydrogens is 292 g/mol. The number of sulfonamides is 1. The van der Waals surface area contributed by atoms with Gasteiger partial charge in [-0.2, -0.15) is 0 Å². The molecule has 7 heteroatoms. The van der Waals surface area contributed by atoms with E-state index >= 15 is 0 Å². The molecule has 0 saturated carbocycles. The minimum Gasteiger partial charge on any atom is -0.389 e. The fourth-order valence-electron chi connectivity index (χ4n) is 1.23. The highest BCUT2D eigenvalue weighted by atomic mass is 35.5. The smallest absolute Gasteiger partial charge is 0.242 e. The van der Waals surface area contributed by atoms with E-state index in [0.717, 1.165) is 0 Å². The first-order valence-electron chi connectivity index (χ1n) is 5.33. The van der Waals surface area contributed by atoms with E-state index in [-0.39, 0.29) is 20.8 Å². The maximum Gasteiger partial charge on any atom is 0.242 e. The zero-order chi connectivity index (χ0) is 13.9. The van der Waals surface area contributed by atoms with E-state index in [4.69, 9.17) is 29.6 Å². The molecular formula is C11H15ClN2O2S2. The third kappa shape index (κ3) is 3.91. The monoisotopic (exact) mass is 306 g/mol. The Hall–Kier alpha value is -0.690. The molecule has 100 valence electrons. The lowest BCUT2D eigenvalue weighted by atomic mass is 10.2. The molecule has 1 rings (SSSR count). The fraction of sp³-hybridized carbons (Fsp3) is 0.364. The average molecular weight is 307 g/mol. The summed E-state index contributed by atoms with van der Waals surface area (Å²) in [6.07, 6.45) is 0. The maximum absolute atomic E-state index is 12.0. The van der Waals surface area contributed by atoms with Crippen LogP contribution in [0.5, 0.6) is 0 Å². The van der Waals surface area contributed by atoms with Crippen LogP contribution in [0.1, 0.15) is 19.4 Å². The van der Waals surface area contributed by atoms with Crippen LogP contribution in [0.2, 0.25) is 5.02 Å². The molecule has 0 aromatic heterocycles. The number of nitrogens with one attached hydrogen (secondary N) is 1. The quantitative estimate of drug-likeness (QED) is 0.815. The lowest BCUT2D eigenvalue weighted by Crippen LogP contribution is -2.27. The van der Waals surface area contributed by atoms with Crippen molar-refractivity contribution >= 4 is 38.8 Å². The normalized spacial score (nSPS) is 11.8. The Morgan fingerprint density at radius 1 is 1.50 bits per heavy atom. The Labute approximate surface area is 118 Å². The van der Waals surface area contributed by atoms with E-state index in [0.29, 0.717) is 12.1 Å². The number of hydrogen-bond acceptors (Lipinski definition) is 3. The molecule has 3 N–H and O–H groups in total. The van der Waals surface area contributed by atoms with E-state index in [1.54, 1.807) is 0 Å². The summed E-state index contributed by atoms with van der Waals surface area (Å²) in [7, 11) is -3.59. The summed E-state index contributed by atoms with van der Waals surface area (Å²) < 4.78 is 26.4. The second-order valence-corrected chi connectivity index (χ2v) is 6.84. The molecule has 0 bridgehead atoms. The number of thiocarbonyl (C=S) groups is 1. The van der Waals surface area contributed by atoms with Crippen LogP contribution < -0.4 is 10.5 Å². The van der Waals surface area contributed by atoms with Crippen molar-refractivity contribution in [2.45, 2.75) is 18.7 Å². The first kappa shape index (κ1) is 15.4. The van der Waals surface area contributed by atoms with Gasteiger partial charge >= 0.3 is 0 Å². The Balaban J connectivity index is 3.06. The van der Waals surface area contributed by atoms with Crippen molar-refractivity contribution < 1.29 is 8.42 Å². The third-order valence-corrected chi connectivity index (χ3v) is 4.33. The molecule has 0 amide bonds. The van der Waals surface area contributed by atoms with Crippen LogP contribution in [0.25, 0.3) is 0 Å². The van der Waals surface area contributed by atoms with Gasteiger partial charge in [-0.05, 0) is 18.1 Å². The summed E-state index contributed by atoms with van der Waals surface area (Å²) >= 11 is 10.7. The summed E-state index contributed by atoms with van der Waals surface area (Å²) in [6.45, 7) is 4.19. The van der Waals surface area contributed by atoms with Gasteiger partial charge in [0, 0.05) is 12.1 Å². The summed E-state index contributed by atoms with van der Waals surface area (Å²) in [5, 5.41) is 0.108. The van der Waals surface area contributed by atoms with Crippen LogP contribution in [0.3, 0.4) is 0 Å². The van der Waals surface area contributed by atoms with Gasteiger partial charge in [0.15, 0.2) is 0 Å². The number of nitrogens with two attached hydrogens (primary N) is 1. The molecule has 1 aromatic rings. The van der Waals surface area contributed by atoms with Gasteiger partial charge in [0.05, 0.1) is 5.02 Å². The van der Waals surface area contributed by atoms with Gasteiger partial charge in [-0.25, -0.2) is 13.1 Å². The number of hydrogen-bond donors (Lipinski definition) is 2. The van der Waals surface area contributed by atoms with Gasteiger partial charge in [-0.15, -0.1) is 0 Å². The lowest BCUT2D eigenvalue weighted by molar-refractivity contribution is 0.560. The topological polar surface area (TPSA) is 72.2 Å². The van der Waals surface area contributed by atoms with Crippen LogP contribution in [-0.4, -0.2) is 20.0 Å². The van der Waals surface area contributed by atoms with E-state index < -0.39 is 10.0 Å². The minimum absolute atomic E-state index is 0.0322. The van der Waals surface area contributed by atoms with Gasteiger partial charge in [0.25, 0.3) is 0 Å². The van der Waals surface area contributed by atoms with E-state index in [2.05, 4.69) is 4.72 Å². The SMILES string of the molecule is CC(C)CNS(=O)(=O)c1ccc(C(N)=S)cc1Cl. The van der Waals surface area contributed by atoms with Crippen molar-refractivity contribution in [1.82, 2.24) is 4.72 Å². The van der Waals surface area contributed by atoms with Crippen LogP contribution in [0, 0.1) is 5.92 Å². The minimum atomic E-state index is -3.59. The highest BCUT2D eigenvalue weighted by molar-refractivity contribution is 7.89. The van der Waals surface area contributed by atoms with Crippen molar-refractivity contribution in [3.05, 3.63) is 28.8 Å². The lowest BCUT2D eigenvalue weighted by Gasteiger charge is -2.10. The fourth-order valence-corrected chi connectivity index (χ4v) is 3.11. The molecule has 0 atom stereocenters. The van der Waals surface area contributed by atoms with E-state index in [1.165, 1.54) is 18.2 Å². The van der Waals surface area contributed by atoms with Crippen LogP contribution in [-0.2, 0) is 10.0 Å². The largest absolute Gasteiger partial charge is 0.389 e. The van der Waals surface area contributed by atoms with Crippen molar-refractivity contribution in [3.8, 4) is 0 Å². The molecule has 0 fully saturated rings. The van der Waals surface area contributed by atoms with Crippen molar-refractivity contribution in [3.63, 3.8) is 0 Å². The van der Waals surface area contributed by atoms with Gasteiger partial charge in [-0.1, -0.05) is 43.7 Å². The molecule has 0 aliphatic heterocycles. The predicted octanol–water partition coefficient (Wildman–Crippen LogP) is 1.91. The molecule has 1 aromatic carbocycles. The summed E-state index contributed by atoms with van der Waals surface area (Å²) in [5.41, 5.74) is 5.99. The molecule has 0 radical (unpaired) electrons. The Morgan fingerprint density at radius 2 is 2.11 bits per heavy atom. The Morgan fingerprint density at radius 3 is 2.56 bits per heavy atom. The highest BCUT2D eigenvalue weighted by Gasteiger charge is 2.18. The summed E-state index contributed by atoms with van der Waals surface area (Å²) in [4.78, 5) is 0.209. The predicted molar refractivity (Wildman–Crippen MR) is 77.4 cm³/mol. The number of benzene rings is 1. The Bertz CT molecular complexity index is 556. The molecule has 0 heterocycles. The van der Waals surface area contributed by atoms with Crippen LogP contribution in [0.4, 0.5) is 0 Å². The third-order valence-electron chi connectivity index (χ3n) is 2.19. The van der Waals surface area contributed by atoms with Crippen molar-refractivity contribution in [1.29, 1.82) is 0 Å². The second kappa shape index (κ2) is 5.97. The van der Waals surface area contributed by atoms with Gasteiger partial charge in [0.1, 0.15) is 9.88 Å². The van der Waals surface area contributed by atoms with Crippen molar-refractivity contribution in [2.75, 3.05) is 6.54 Å². The summed E-state index contributed by atoms with van der Waals surface area (Å²) in [5.74, 6) is 0.217. The molecule has 18 heavy (non-hydrogen) atoms. The van der Waals surface area contributed by atoms with Gasteiger partial charge in [-0.3, -0.25) is 0 Å². The maximum atomic E-state index is 12.0. The molecule has 0 spiro atoms. The molecule has 4 nitrogen and oxygen atoms in total. The molecule has 0 unspecified atom stereocenters. The Kier molecular flexibility index (Phi) is 5.10. The van der Waals surface area contributed by atoms with E-state index in [9.17, 15) is 8.42 Å². The highest BCUT2D eigenvalue weighted by Crippen LogP contribution is 2.22. The first-order chi connectivity index (χ1) is 8.24. The molecule has 0 saturated heterocycles. The molecule has 0 aliphatic rings.